The molecular weight excluding hydrogens is 701 g/mol. The van der Waals surface area contributed by atoms with Crippen LogP contribution >= 0.6 is 0 Å². The van der Waals surface area contributed by atoms with Gasteiger partial charge in [0.1, 0.15) is 31.3 Å². The predicted molar refractivity (Wildman–Crippen MR) is 251 cm³/mol. The topological polar surface area (TPSA) is 36.9 Å². The first-order valence-electron chi connectivity index (χ1n) is 20.3. The van der Waals surface area contributed by atoms with Crippen molar-refractivity contribution in [3.63, 3.8) is 0 Å². The Balaban J connectivity index is 0.000000435. The highest BCUT2D eigenvalue weighted by molar-refractivity contribution is 5.56. The Morgan fingerprint density at radius 3 is 1.23 bits per heavy atom. The molecule has 0 saturated heterocycles. The third kappa shape index (κ3) is 25.5. The molecule has 4 nitrogen and oxygen atoms in total. The summed E-state index contributed by atoms with van der Waals surface area (Å²) in [6.07, 6.45) is 27.6. The first-order chi connectivity index (χ1) is 27.4. The Labute approximate surface area is 347 Å². The summed E-state index contributed by atoms with van der Waals surface area (Å²) in [7, 11) is 1.67. The van der Waals surface area contributed by atoms with E-state index in [1.165, 1.54) is 39.0 Å². The summed E-state index contributed by atoms with van der Waals surface area (Å²) in [5, 5.41) is 0. The van der Waals surface area contributed by atoms with E-state index < -0.39 is 0 Å². The Kier molecular flexibility index (Phi) is 27.0. The molecule has 0 radical (unpaired) electrons. The normalized spacial score (nSPS) is 11.3. The van der Waals surface area contributed by atoms with Crippen molar-refractivity contribution in [2.24, 2.45) is 0 Å². The first kappa shape index (κ1) is 49.8. The monoisotopic (exact) mass is 773 g/mol. The van der Waals surface area contributed by atoms with Gasteiger partial charge in [-0.15, -0.1) is 0 Å². The zero-order valence-electron chi connectivity index (χ0n) is 37.3. The van der Waals surface area contributed by atoms with Gasteiger partial charge in [0.25, 0.3) is 0 Å². The lowest BCUT2D eigenvalue weighted by Crippen LogP contribution is -1.97. The van der Waals surface area contributed by atoms with E-state index >= 15 is 0 Å². The van der Waals surface area contributed by atoms with Crippen LogP contribution in [0, 0.1) is 0 Å². The molecule has 0 bridgehead atoms. The van der Waals surface area contributed by atoms with E-state index in [0.717, 1.165) is 54.2 Å². The van der Waals surface area contributed by atoms with E-state index in [0.29, 0.717) is 19.8 Å². The van der Waals surface area contributed by atoms with Crippen LogP contribution in [0.1, 0.15) is 119 Å². The van der Waals surface area contributed by atoms with Crippen molar-refractivity contribution in [3.8, 4) is 23.0 Å². The van der Waals surface area contributed by atoms with E-state index in [4.69, 9.17) is 18.9 Å². The van der Waals surface area contributed by atoms with E-state index in [1.54, 1.807) is 7.11 Å². The summed E-state index contributed by atoms with van der Waals surface area (Å²) in [6.45, 7) is 24.9. The minimum atomic E-state index is 0.569. The lowest BCUT2D eigenvalue weighted by Gasteiger charge is -2.10. The Morgan fingerprint density at radius 2 is 0.825 bits per heavy atom. The van der Waals surface area contributed by atoms with Crippen molar-refractivity contribution in [1.29, 1.82) is 0 Å². The van der Waals surface area contributed by atoms with E-state index in [2.05, 4.69) is 122 Å². The smallest absolute Gasteiger partial charge is 0.161 e. The van der Waals surface area contributed by atoms with Crippen LogP contribution in [0.2, 0.25) is 0 Å². The third-order valence-corrected chi connectivity index (χ3v) is 8.30. The second-order valence-corrected chi connectivity index (χ2v) is 14.5. The second-order valence-electron chi connectivity index (χ2n) is 14.5. The number of rotatable bonds is 19. The van der Waals surface area contributed by atoms with Crippen molar-refractivity contribution >= 4 is 18.2 Å². The maximum atomic E-state index is 5.82. The van der Waals surface area contributed by atoms with Gasteiger partial charge in [0.2, 0.25) is 0 Å². The molecule has 0 saturated carbocycles. The highest BCUT2D eigenvalue weighted by atomic mass is 16.5. The fourth-order valence-electron chi connectivity index (χ4n) is 5.07. The molecule has 0 atom stereocenters. The van der Waals surface area contributed by atoms with Gasteiger partial charge in [0, 0.05) is 0 Å². The number of hydrogen-bond acceptors (Lipinski definition) is 4. The third-order valence-electron chi connectivity index (χ3n) is 8.30. The maximum absolute atomic E-state index is 5.82. The highest BCUT2D eigenvalue weighted by Crippen LogP contribution is 2.28. The van der Waals surface area contributed by atoms with Crippen LogP contribution in [0.15, 0.2) is 143 Å². The molecule has 0 fully saturated rings. The van der Waals surface area contributed by atoms with Crippen molar-refractivity contribution in [3.05, 3.63) is 160 Å². The maximum Gasteiger partial charge on any atom is 0.161 e. The van der Waals surface area contributed by atoms with Gasteiger partial charge in [0.15, 0.2) is 11.5 Å². The van der Waals surface area contributed by atoms with Gasteiger partial charge in [-0.3, -0.25) is 0 Å². The molecule has 0 amide bonds. The van der Waals surface area contributed by atoms with Gasteiger partial charge < -0.3 is 18.9 Å². The Morgan fingerprint density at radius 1 is 0.439 bits per heavy atom. The summed E-state index contributed by atoms with van der Waals surface area (Å²) < 4.78 is 22.5. The molecule has 0 heterocycles. The summed E-state index contributed by atoms with van der Waals surface area (Å²) in [6, 6.07) is 22.2. The number of hydrogen-bond donors (Lipinski definition) is 0. The lowest BCUT2D eigenvalue weighted by molar-refractivity contribution is 0.325. The fourth-order valence-corrected chi connectivity index (χ4v) is 5.07. The molecule has 3 aromatic rings. The molecule has 0 unspecified atom stereocenters. The van der Waals surface area contributed by atoms with Gasteiger partial charge in [0.05, 0.1) is 7.11 Å². The Hall–Kier alpha value is -5.22. The van der Waals surface area contributed by atoms with E-state index in [-0.39, 0.29) is 0 Å². The van der Waals surface area contributed by atoms with Crippen LogP contribution in [-0.2, 0) is 0 Å². The average Bonchev–Trinajstić information content (AvgIpc) is 3.17. The van der Waals surface area contributed by atoms with Crippen LogP contribution in [0.4, 0.5) is 0 Å². The van der Waals surface area contributed by atoms with E-state index in [9.17, 15) is 0 Å². The van der Waals surface area contributed by atoms with Gasteiger partial charge >= 0.3 is 0 Å². The van der Waals surface area contributed by atoms with Crippen molar-refractivity contribution in [2.45, 2.75) is 102 Å². The molecule has 308 valence electrons. The Bertz CT molecular complexity index is 1780. The van der Waals surface area contributed by atoms with Crippen LogP contribution in [0.25, 0.3) is 18.2 Å². The SMILES string of the molecule is C/C=C/c1ccc(OC/C=C(\C)CCC=C(C)C)c(OC)c1.C/C=C/c1ccc(OC/C=C(\C)CCC=C(C)C)cc1.C/C=C/c1ccc(OCC=C(C)C)cc1. The van der Waals surface area contributed by atoms with Gasteiger partial charge in [-0.2, -0.15) is 0 Å². The minimum absolute atomic E-state index is 0.569. The molecular formula is C53H72O4. The molecule has 3 rings (SSSR count). The van der Waals surface area contributed by atoms with E-state index in [1.807, 2.05) is 87.5 Å². The molecule has 0 aliphatic rings. The van der Waals surface area contributed by atoms with Gasteiger partial charge in [-0.1, -0.05) is 107 Å². The molecule has 0 N–H and O–H groups in total. The number of allylic oxidation sites excluding steroid dienone is 10. The molecule has 0 aliphatic heterocycles. The van der Waals surface area contributed by atoms with Gasteiger partial charge in [-0.25, -0.2) is 0 Å². The average molecular weight is 773 g/mol. The lowest BCUT2D eigenvalue weighted by atomic mass is 10.1. The second kappa shape index (κ2) is 30.9. The van der Waals surface area contributed by atoms with Crippen molar-refractivity contribution in [2.75, 3.05) is 26.9 Å². The number of ether oxygens (including phenoxy) is 4. The van der Waals surface area contributed by atoms with Crippen LogP contribution < -0.4 is 18.9 Å². The predicted octanol–water partition coefficient (Wildman–Crippen LogP) is 15.7. The zero-order valence-corrected chi connectivity index (χ0v) is 37.3. The summed E-state index contributed by atoms with van der Waals surface area (Å²) in [5.41, 5.74) is 10.3. The number of benzene rings is 3. The van der Waals surface area contributed by atoms with Gasteiger partial charge in [-0.05, 0) is 173 Å². The quantitative estimate of drug-likeness (QED) is 0.114. The largest absolute Gasteiger partial charge is 0.493 e. The van der Waals surface area contributed by atoms with Crippen molar-refractivity contribution < 1.29 is 18.9 Å². The van der Waals surface area contributed by atoms with Crippen LogP contribution in [-0.4, -0.2) is 26.9 Å². The first-order valence-corrected chi connectivity index (χ1v) is 20.3. The standard InChI is InChI=1S/C20H28O2.C19H26O.C14H18O/c1-6-8-18-11-12-19(20(15-18)21-5)22-14-13-17(4)10-7-9-16(2)3;1-5-7-18-10-12-19(13-11-18)20-15-14-17(4)9-6-8-16(2)3;1-4-5-13-6-8-14(9-7-13)15-11-10-12(2)3/h6,8-9,11-13,15H,7,10,14H2,1-5H3;5,7-8,10-14H,6,9,15H2,1-4H3;4-10H,11H2,1-3H3/b8-6+,17-13+;7-5+,17-14+;5-4+. The molecule has 0 aliphatic carbocycles. The van der Waals surface area contributed by atoms with Crippen molar-refractivity contribution in [1.82, 2.24) is 0 Å². The summed E-state index contributed by atoms with van der Waals surface area (Å²) in [5.74, 6) is 3.39. The fraction of sp³-hybridized carbons (Fsp3) is 0.358. The molecule has 0 spiro atoms. The summed E-state index contributed by atoms with van der Waals surface area (Å²) >= 11 is 0. The van der Waals surface area contributed by atoms with Crippen LogP contribution in [0.3, 0.4) is 0 Å². The highest BCUT2D eigenvalue weighted by Gasteiger charge is 2.04. The molecule has 4 heteroatoms. The van der Waals surface area contributed by atoms with Crippen LogP contribution in [0.5, 0.6) is 23.0 Å². The summed E-state index contributed by atoms with van der Waals surface area (Å²) in [4.78, 5) is 0. The molecule has 0 aromatic heterocycles. The number of methoxy groups -OCH3 is 1. The minimum Gasteiger partial charge on any atom is -0.493 e. The molecule has 57 heavy (non-hydrogen) atoms. The zero-order chi connectivity index (χ0) is 42.3. The molecule has 3 aromatic carbocycles.